The predicted molar refractivity (Wildman–Crippen MR) is 105 cm³/mol. The Labute approximate surface area is 155 Å². The molecule has 4 nitrogen and oxygen atoms in total. The molecule has 1 aromatic carbocycles. The lowest BCUT2D eigenvalue weighted by Gasteiger charge is -2.19. The summed E-state index contributed by atoms with van der Waals surface area (Å²) in [5.74, 6) is 1.42. The van der Waals surface area contributed by atoms with Gasteiger partial charge in [0.1, 0.15) is 5.82 Å². The maximum atomic E-state index is 13.4. The van der Waals surface area contributed by atoms with E-state index in [4.69, 9.17) is 4.74 Å². The Hall–Kier alpha value is -1.27. The van der Waals surface area contributed by atoms with Crippen molar-refractivity contribution in [3.05, 3.63) is 35.1 Å². The molecule has 140 valence electrons. The number of guanidine groups is 1. The van der Waals surface area contributed by atoms with Crippen LogP contribution in [-0.2, 0) is 17.0 Å². The van der Waals surface area contributed by atoms with Crippen molar-refractivity contribution in [1.82, 2.24) is 10.6 Å². The zero-order valence-corrected chi connectivity index (χ0v) is 16.3. The van der Waals surface area contributed by atoms with Gasteiger partial charge in [-0.2, -0.15) is 11.8 Å². The Balaban J connectivity index is 1.83. The molecule has 0 unspecified atom stereocenters. The van der Waals surface area contributed by atoms with E-state index in [0.717, 1.165) is 49.0 Å². The number of thioether (sulfide) groups is 1. The highest BCUT2D eigenvalue weighted by atomic mass is 32.2. The third kappa shape index (κ3) is 6.51. The van der Waals surface area contributed by atoms with Gasteiger partial charge in [-0.05, 0) is 61.1 Å². The largest absolute Gasteiger partial charge is 0.382 e. The number of nitrogens with zero attached hydrogens (tertiary/aromatic N) is 1. The van der Waals surface area contributed by atoms with Crippen molar-refractivity contribution in [1.29, 1.82) is 0 Å². The molecule has 1 aromatic rings. The van der Waals surface area contributed by atoms with Gasteiger partial charge < -0.3 is 15.4 Å². The molecule has 25 heavy (non-hydrogen) atoms. The van der Waals surface area contributed by atoms with Crippen LogP contribution in [0.3, 0.4) is 0 Å². The second-order valence-corrected chi connectivity index (χ2v) is 7.44. The molecule has 1 fully saturated rings. The standard InChI is InChI=1S/C19H30FN3OS/c1-4-24-10-9-19(7-8-19)14-23-18(21-2)22-12-15-5-6-17(20)11-16(15)13-25-3/h5-6,11H,4,7-10,12-14H2,1-3H3,(H2,21,22,23). The SMILES string of the molecule is CCOCCC1(CNC(=NC)NCc2ccc(F)cc2CSC)CC1. The van der Waals surface area contributed by atoms with Gasteiger partial charge in [0, 0.05) is 39.1 Å². The summed E-state index contributed by atoms with van der Waals surface area (Å²) in [4.78, 5) is 4.31. The third-order valence-corrected chi connectivity index (χ3v) is 5.31. The Morgan fingerprint density at radius 1 is 1.32 bits per heavy atom. The van der Waals surface area contributed by atoms with Gasteiger partial charge in [-0.1, -0.05) is 6.07 Å². The fourth-order valence-electron chi connectivity index (χ4n) is 2.85. The van der Waals surface area contributed by atoms with Crippen LogP contribution in [-0.4, -0.2) is 39.0 Å². The normalized spacial score (nSPS) is 15.9. The average molecular weight is 368 g/mol. The van der Waals surface area contributed by atoms with Gasteiger partial charge in [0.15, 0.2) is 5.96 Å². The molecule has 2 N–H and O–H groups in total. The summed E-state index contributed by atoms with van der Waals surface area (Å²) in [6.07, 6.45) is 5.63. The molecule has 0 aliphatic heterocycles. The lowest BCUT2D eigenvalue weighted by molar-refractivity contribution is 0.128. The predicted octanol–water partition coefficient (Wildman–Crippen LogP) is 3.56. The number of hydrogen-bond donors (Lipinski definition) is 2. The van der Waals surface area contributed by atoms with E-state index in [1.807, 2.05) is 19.2 Å². The van der Waals surface area contributed by atoms with Crippen molar-refractivity contribution in [2.24, 2.45) is 10.4 Å². The number of aliphatic imine (C=N–C) groups is 1. The first kappa shape index (κ1) is 20.0. The minimum Gasteiger partial charge on any atom is -0.382 e. The molecule has 1 saturated carbocycles. The van der Waals surface area contributed by atoms with Crippen LogP contribution in [0.4, 0.5) is 4.39 Å². The van der Waals surface area contributed by atoms with E-state index in [-0.39, 0.29) is 5.82 Å². The third-order valence-electron chi connectivity index (χ3n) is 4.71. The number of benzene rings is 1. The highest BCUT2D eigenvalue weighted by Gasteiger charge is 2.41. The molecule has 0 heterocycles. The van der Waals surface area contributed by atoms with Crippen LogP contribution in [0.15, 0.2) is 23.2 Å². The minimum absolute atomic E-state index is 0.180. The highest BCUT2D eigenvalue weighted by molar-refractivity contribution is 7.97. The molecule has 1 aliphatic carbocycles. The average Bonchev–Trinajstić information content (AvgIpc) is 3.37. The second kappa shape index (κ2) is 10.0. The summed E-state index contributed by atoms with van der Waals surface area (Å²) in [7, 11) is 1.78. The van der Waals surface area contributed by atoms with E-state index in [2.05, 4.69) is 15.6 Å². The number of hydrogen-bond acceptors (Lipinski definition) is 3. The Morgan fingerprint density at radius 3 is 2.76 bits per heavy atom. The van der Waals surface area contributed by atoms with E-state index >= 15 is 0 Å². The molecule has 0 spiro atoms. The van der Waals surface area contributed by atoms with Crippen molar-refractivity contribution in [3.8, 4) is 0 Å². The summed E-state index contributed by atoms with van der Waals surface area (Å²) >= 11 is 1.70. The van der Waals surface area contributed by atoms with Crippen LogP contribution in [0.25, 0.3) is 0 Å². The maximum Gasteiger partial charge on any atom is 0.191 e. The Morgan fingerprint density at radius 2 is 2.12 bits per heavy atom. The molecule has 0 amide bonds. The van der Waals surface area contributed by atoms with Crippen LogP contribution in [0.5, 0.6) is 0 Å². The fraction of sp³-hybridized carbons (Fsp3) is 0.632. The molecule has 6 heteroatoms. The smallest absolute Gasteiger partial charge is 0.191 e. The zero-order valence-electron chi connectivity index (χ0n) is 15.5. The van der Waals surface area contributed by atoms with Gasteiger partial charge in [0.2, 0.25) is 0 Å². The Kier molecular flexibility index (Phi) is 8.03. The van der Waals surface area contributed by atoms with E-state index in [1.54, 1.807) is 24.9 Å². The zero-order chi connectivity index (χ0) is 18.1. The van der Waals surface area contributed by atoms with Gasteiger partial charge in [-0.15, -0.1) is 0 Å². The first-order valence-electron chi connectivity index (χ1n) is 8.91. The van der Waals surface area contributed by atoms with Crippen molar-refractivity contribution < 1.29 is 9.13 Å². The van der Waals surface area contributed by atoms with Crippen molar-refractivity contribution >= 4 is 17.7 Å². The summed E-state index contributed by atoms with van der Waals surface area (Å²) < 4.78 is 18.9. The highest BCUT2D eigenvalue weighted by Crippen LogP contribution is 2.48. The number of ether oxygens (including phenoxy) is 1. The lowest BCUT2D eigenvalue weighted by atomic mass is 10.0. The summed E-state index contributed by atoms with van der Waals surface area (Å²) in [6.45, 7) is 5.20. The minimum atomic E-state index is -0.180. The molecule has 1 aliphatic rings. The van der Waals surface area contributed by atoms with E-state index in [1.165, 1.54) is 18.9 Å². The number of halogens is 1. The maximum absolute atomic E-state index is 13.4. The lowest BCUT2D eigenvalue weighted by Crippen LogP contribution is -2.40. The fourth-order valence-corrected chi connectivity index (χ4v) is 3.43. The van der Waals surface area contributed by atoms with Gasteiger partial charge in [-0.3, -0.25) is 4.99 Å². The topological polar surface area (TPSA) is 45.6 Å². The van der Waals surface area contributed by atoms with Crippen molar-refractivity contribution in [3.63, 3.8) is 0 Å². The van der Waals surface area contributed by atoms with E-state index in [0.29, 0.717) is 12.0 Å². The monoisotopic (exact) mass is 367 g/mol. The molecule has 0 aromatic heterocycles. The van der Waals surface area contributed by atoms with Crippen molar-refractivity contribution in [2.45, 2.75) is 38.5 Å². The van der Waals surface area contributed by atoms with Gasteiger partial charge >= 0.3 is 0 Å². The first-order valence-corrected chi connectivity index (χ1v) is 10.3. The van der Waals surface area contributed by atoms with Gasteiger partial charge in [0.05, 0.1) is 0 Å². The molecule has 0 saturated heterocycles. The quantitative estimate of drug-likeness (QED) is 0.377. The first-order chi connectivity index (χ1) is 12.1. The van der Waals surface area contributed by atoms with Crippen LogP contribution in [0, 0.1) is 11.2 Å². The molecular formula is C19H30FN3OS. The van der Waals surface area contributed by atoms with Crippen molar-refractivity contribution in [2.75, 3.05) is 33.1 Å². The second-order valence-electron chi connectivity index (χ2n) is 6.57. The molecule has 0 radical (unpaired) electrons. The van der Waals surface area contributed by atoms with E-state index in [9.17, 15) is 4.39 Å². The summed E-state index contributed by atoms with van der Waals surface area (Å²) in [6, 6.07) is 4.99. The molecular weight excluding hydrogens is 337 g/mol. The van der Waals surface area contributed by atoms with Crippen LogP contribution >= 0.6 is 11.8 Å². The molecule has 0 bridgehead atoms. The Bertz CT molecular complexity index is 576. The van der Waals surface area contributed by atoms with E-state index < -0.39 is 0 Å². The van der Waals surface area contributed by atoms with Gasteiger partial charge in [-0.25, -0.2) is 4.39 Å². The van der Waals surface area contributed by atoms with Crippen LogP contribution in [0.2, 0.25) is 0 Å². The summed E-state index contributed by atoms with van der Waals surface area (Å²) in [5, 5.41) is 6.78. The molecule has 2 rings (SSSR count). The summed E-state index contributed by atoms with van der Waals surface area (Å²) in [5.41, 5.74) is 2.51. The molecule has 0 atom stereocenters. The number of nitrogens with one attached hydrogen (secondary N) is 2. The number of rotatable bonds is 10. The van der Waals surface area contributed by atoms with Gasteiger partial charge in [0.25, 0.3) is 0 Å². The van der Waals surface area contributed by atoms with Crippen LogP contribution < -0.4 is 10.6 Å². The van der Waals surface area contributed by atoms with Crippen LogP contribution in [0.1, 0.15) is 37.3 Å².